The Kier molecular flexibility index (Phi) is 6.12. The van der Waals surface area contributed by atoms with Crippen LogP contribution in [-0.2, 0) is 11.2 Å². The van der Waals surface area contributed by atoms with Crippen molar-refractivity contribution in [2.75, 3.05) is 18.7 Å². The fourth-order valence-electron chi connectivity index (χ4n) is 3.38. The fraction of sp³-hybridized carbons (Fsp3) is 0.261. The summed E-state index contributed by atoms with van der Waals surface area (Å²) in [6.45, 7) is 2.60. The fourth-order valence-corrected chi connectivity index (χ4v) is 4.20. The summed E-state index contributed by atoms with van der Waals surface area (Å²) in [6, 6.07) is 18.2. The van der Waals surface area contributed by atoms with Gasteiger partial charge in [-0.1, -0.05) is 43.7 Å². The van der Waals surface area contributed by atoms with Crippen molar-refractivity contribution in [1.29, 1.82) is 0 Å². The lowest BCUT2D eigenvalue weighted by molar-refractivity contribution is -0.115. The monoisotopic (exact) mass is 408 g/mol. The molecular formula is C23H24N2O3S. The molecule has 2 aromatic carbocycles. The Labute approximate surface area is 174 Å². The highest BCUT2D eigenvalue weighted by molar-refractivity contribution is 7.10. The molecule has 150 valence electrons. The molecule has 3 aromatic rings. The number of thiophene rings is 1. The van der Waals surface area contributed by atoms with Crippen molar-refractivity contribution in [2.45, 2.75) is 25.8 Å². The first-order valence-electron chi connectivity index (χ1n) is 9.78. The van der Waals surface area contributed by atoms with Crippen molar-refractivity contribution in [1.82, 2.24) is 5.32 Å². The second-order valence-corrected chi connectivity index (χ2v) is 7.92. The number of amides is 1. The third kappa shape index (κ3) is 4.78. The Balaban J connectivity index is 1.42. The van der Waals surface area contributed by atoms with Gasteiger partial charge in [0.05, 0.1) is 12.6 Å². The topological polar surface area (TPSA) is 59.6 Å². The molecule has 0 saturated heterocycles. The van der Waals surface area contributed by atoms with E-state index in [-0.39, 0.29) is 25.3 Å². The number of rotatable bonds is 8. The minimum Gasteiger partial charge on any atom is -0.454 e. The molecule has 0 saturated carbocycles. The van der Waals surface area contributed by atoms with Crippen molar-refractivity contribution in [3.63, 3.8) is 0 Å². The average molecular weight is 409 g/mol. The van der Waals surface area contributed by atoms with Crippen LogP contribution in [0.5, 0.6) is 11.5 Å². The van der Waals surface area contributed by atoms with Gasteiger partial charge in [-0.05, 0) is 41.1 Å². The summed E-state index contributed by atoms with van der Waals surface area (Å²) < 4.78 is 10.7. The molecule has 0 spiro atoms. The van der Waals surface area contributed by atoms with Crippen LogP contribution in [0.4, 0.5) is 5.69 Å². The molecule has 2 heterocycles. The van der Waals surface area contributed by atoms with E-state index in [4.69, 9.17) is 9.47 Å². The van der Waals surface area contributed by atoms with Gasteiger partial charge in [-0.15, -0.1) is 11.3 Å². The molecule has 1 atom stereocenters. The second kappa shape index (κ2) is 9.11. The van der Waals surface area contributed by atoms with Crippen molar-refractivity contribution in [3.05, 3.63) is 76.0 Å². The van der Waals surface area contributed by atoms with Crippen molar-refractivity contribution in [3.8, 4) is 11.5 Å². The van der Waals surface area contributed by atoms with E-state index in [1.54, 1.807) is 23.5 Å². The van der Waals surface area contributed by atoms with Crippen LogP contribution >= 0.6 is 11.3 Å². The van der Waals surface area contributed by atoms with Crippen LogP contribution in [-0.4, -0.2) is 19.2 Å². The summed E-state index contributed by atoms with van der Waals surface area (Å²) in [4.78, 5) is 13.7. The van der Waals surface area contributed by atoms with Crippen molar-refractivity contribution < 1.29 is 14.3 Å². The summed E-state index contributed by atoms with van der Waals surface area (Å²) >= 11 is 1.68. The number of aryl methyl sites for hydroxylation is 1. The number of anilines is 1. The van der Waals surface area contributed by atoms with Crippen LogP contribution in [0.1, 0.15) is 35.4 Å². The van der Waals surface area contributed by atoms with E-state index in [1.165, 1.54) is 10.4 Å². The highest BCUT2D eigenvalue weighted by Crippen LogP contribution is 2.34. The number of fused-ring (bicyclic) bond motifs is 1. The lowest BCUT2D eigenvalue weighted by atomic mass is 10.0. The van der Waals surface area contributed by atoms with E-state index < -0.39 is 0 Å². The van der Waals surface area contributed by atoms with Gasteiger partial charge >= 0.3 is 0 Å². The molecule has 1 aliphatic rings. The van der Waals surface area contributed by atoms with Gasteiger partial charge in [0, 0.05) is 16.6 Å². The number of nitrogens with one attached hydrogen (secondary N) is 2. The van der Waals surface area contributed by atoms with Gasteiger partial charge in [0.1, 0.15) is 0 Å². The van der Waals surface area contributed by atoms with E-state index >= 15 is 0 Å². The summed E-state index contributed by atoms with van der Waals surface area (Å²) in [5.74, 6) is 1.25. The van der Waals surface area contributed by atoms with E-state index in [2.05, 4.69) is 53.3 Å². The zero-order valence-electron chi connectivity index (χ0n) is 16.3. The SMILES string of the molecule is CCCc1ccc([C@@H](NCC(=O)Nc2ccc3c(c2)OCO3)c2cccs2)cc1. The first kappa shape index (κ1) is 19.5. The molecule has 0 bridgehead atoms. The Morgan fingerprint density at radius 2 is 1.93 bits per heavy atom. The number of hydrogen-bond acceptors (Lipinski definition) is 5. The van der Waals surface area contributed by atoms with Crippen LogP contribution < -0.4 is 20.1 Å². The number of carbonyl (C=O) groups is 1. The number of ether oxygens (including phenoxy) is 2. The predicted molar refractivity (Wildman–Crippen MR) is 116 cm³/mol. The van der Waals surface area contributed by atoms with Gasteiger partial charge in [0.2, 0.25) is 12.7 Å². The van der Waals surface area contributed by atoms with Crippen molar-refractivity contribution >= 4 is 22.9 Å². The standard InChI is InChI=1S/C23H24N2O3S/c1-2-4-16-6-8-17(9-7-16)23(21-5-3-12-29-21)24-14-22(26)25-18-10-11-19-20(13-18)28-15-27-19/h3,5-13,23-24H,2,4,14-15H2,1H3,(H,25,26)/t23-/m1/s1. The zero-order chi connectivity index (χ0) is 20.1. The Morgan fingerprint density at radius 1 is 1.10 bits per heavy atom. The van der Waals surface area contributed by atoms with E-state index in [0.29, 0.717) is 17.2 Å². The first-order chi connectivity index (χ1) is 14.2. The summed E-state index contributed by atoms with van der Waals surface area (Å²) in [5, 5.41) is 8.38. The van der Waals surface area contributed by atoms with E-state index in [1.807, 2.05) is 12.1 Å². The molecule has 1 aromatic heterocycles. The number of hydrogen-bond donors (Lipinski definition) is 2. The molecule has 0 unspecified atom stereocenters. The number of benzene rings is 2. The smallest absolute Gasteiger partial charge is 0.238 e. The molecule has 5 nitrogen and oxygen atoms in total. The maximum Gasteiger partial charge on any atom is 0.238 e. The largest absolute Gasteiger partial charge is 0.454 e. The summed E-state index contributed by atoms with van der Waals surface area (Å²) in [7, 11) is 0. The van der Waals surface area contributed by atoms with Crippen molar-refractivity contribution in [2.24, 2.45) is 0 Å². The van der Waals surface area contributed by atoms with E-state index in [0.717, 1.165) is 18.4 Å². The molecule has 6 heteroatoms. The Morgan fingerprint density at radius 3 is 2.69 bits per heavy atom. The zero-order valence-corrected chi connectivity index (χ0v) is 17.1. The number of carbonyl (C=O) groups excluding carboxylic acids is 1. The van der Waals surface area contributed by atoms with Gasteiger partial charge < -0.3 is 14.8 Å². The third-order valence-corrected chi connectivity index (χ3v) is 5.74. The van der Waals surface area contributed by atoms with Crippen LogP contribution in [0.2, 0.25) is 0 Å². The maximum atomic E-state index is 12.5. The molecule has 1 aliphatic heterocycles. The summed E-state index contributed by atoms with van der Waals surface area (Å²) in [6.07, 6.45) is 2.21. The highest BCUT2D eigenvalue weighted by atomic mass is 32.1. The van der Waals surface area contributed by atoms with Crippen LogP contribution in [0.3, 0.4) is 0 Å². The quantitative estimate of drug-likeness (QED) is 0.565. The second-order valence-electron chi connectivity index (χ2n) is 6.94. The Bertz CT molecular complexity index is 955. The average Bonchev–Trinajstić information content (AvgIpc) is 3.41. The predicted octanol–water partition coefficient (Wildman–Crippen LogP) is 4.75. The van der Waals surface area contributed by atoms with Gasteiger partial charge in [0.15, 0.2) is 11.5 Å². The molecular weight excluding hydrogens is 384 g/mol. The lowest BCUT2D eigenvalue weighted by Crippen LogP contribution is -2.31. The molecule has 2 N–H and O–H groups in total. The van der Waals surface area contributed by atoms with Gasteiger partial charge in [-0.2, -0.15) is 0 Å². The molecule has 0 radical (unpaired) electrons. The first-order valence-corrected chi connectivity index (χ1v) is 10.7. The van der Waals surface area contributed by atoms with E-state index in [9.17, 15) is 4.79 Å². The molecule has 4 rings (SSSR count). The molecule has 0 aliphatic carbocycles. The third-order valence-electron chi connectivity index (χ3n) is 4.80. The molecule has 29 heavy (non-hydrogen) atoms. The van der Waals surface area contributed by atoms with Crippen LogP contribution in [0.25, 0.3) is 0 Å². The minimum absolute atomic E-state index is 0.0202. The molecule has 0 fully saturated rings. The summed E-state index contributed by atoms with van der Waals surface area (Å²) in [5.41, 5.74) is 3.18. The minimum atomic E-state index is -0.104. The maximum absolute atomic E-state index is 12.5. The van der Waals surface area contributed by atoms with Gasteiger partial charge in [-0.25, -0.2) is 0 Å². The van der Waals surface area contributed by atoms with Crippen LogP contribution in [0.15, 0.2) is 60.0 Å². The highest BCUT2D eigenvalue weighted by Gasteiger charge is 2.17. The van der Waals surface area contributed by atoms with Gasteiger partial charge in [-0.3, -0.25) is 10.1 Å². The van der Waals surface area contributed by atoms with Gasteiger partial charge in [0.25, 0.3) is 0 Å². The lowest BCUT2D eigenvalue weighted by Gasteiger charge is -2.18. The normalized spacial score (nSPS) is 13.3. The van der Waals surface area contributed by atoms with Crippen LogP contribution in [0, 0.1) is 0 Å². The Hall–Kier alpha value is -2.83. The molecule has 1 amide bonds.